The van der Waals surface area contributed by atoms with Crippen molar-refractivity contribution in [2.75, 3.05) is 11.4 Å². The van der Waals surface area contributed by atoms with Gasteiger partial charge in [-0.25, -0.2) is 9.37 Å². The topological polar surface area (TPSA) is 46.1 Å². The molecule has 24 heavy (non-hydrogen) atoms. The highest BCUT2D eigenvalue weighted by molar-refractivity contribution is 5.94. The predicted octanol–water partition coefficient (Wildman–Crippen LogP) is 3.82. The van der Waals surface area contributed by atoms with Crippen LogP contribution < -0.4 is 4.90 Å². The van der Waals surface area contributed by atoms with Gasteiger partial charge in [-0.3, -0.25) is 9.78 Å². The Bertz CT molecular complexity index is 776. The molecule has 0 aromatic carbocycles. The van der Waals surface area contributed by atoms with Gasteiger partial charge >= 0.3 is 6.18 Å². The molecule has 1 amide bonds. The number of alkyl halides is 3. The first-order valence-electron chi connectivity index (χ1n) is 7.36. The fourth-order valence-electron chi connectivity index (χ4n) is 2.65. The third-order valence-electron chi connectivity index (χ3n) is 3.76. The number of carbonyl (C=O) groups is 1. The number of hydrogen-bond acceptors (Lipinski definition) is 3. The van der Waals surface area contributed by atoms with Crippen molar-refractivity contribution in [3.8, 4) is 11.3 Å². The second kappa shape index (κ2) is 6.18. The van der Waals surface area contributed by atoms with Gasteiger partial charge in [0.15, 0.2) is 5.69 Å². The number of halogens is 4. The van der Waals surface area contributed by atoms with Crippen LogP contribution in [0.15, 0.2) is 30.6 Å². The Hall–Kier alpha value is -2.51. The molecule has 0 N–H and O–H groups in total. The highest BCUT2D eigenvalue weighted by Gasteiger charge is 2.38. The van der Waals surface area contributed by atoms with Crippen LogP contribution in [0.4, 0.5) is 23.2 Å². The Balaban J connectivity index is 2.09. The number of aromatic nitrogens is 2. The van der Waals surface area contributed by atoms with Gasteiger partial charge in [0.05, 0.1) is 17.6 Å². The summed E-state index contributed by atoms with van der Waals surface area (Å²) in [6, 6.07) is 3.60. The quantitative estimate of drug-likeness (QED) is 0.782. The van der Waals surface area contributed by atoms with Crippen LogP contribution in [0.1, 0.15) is 25.0 Å². The van der Waals surface area contributed by atoms with Gasteiger partial charge < -0.3 is 4.90 Å². The van der Waals surface area contributed by atoms with Gasteiger partial charge in [0.2, 0.25) is 5.91 Å². The van der Waals surface area contributed by atoms with Crippen LogP contribution in [-0.4, -0.2) is 22.4 Å². The number of carbonyl (C=O) groups excluding carboxylic acids is 1. The SMILES string of the molecule is O=C1CCCCN1c1ccc(-c2cncc(F)c2)nc1C(F)(F)F. The summed E-state index contributed by atoms with van der Waals surface area (Å²) in [4.78, 5) is 20.3. The van der Waals surface area contributed by atoms with Crippen molar-refractivity contribution in [1.29, 1.82) is 0 Å². The van der Waals surface area contributed by atoms with Crippen LogP contribution >= 0.6 is 0 Å². The summed E-state index contributed by atoms with van der Waals surface area (Å²) >= 11 is 0. The molecule has 0 radical (unpaired) electrons. The number of rotatable bonds is 2. The maximum absolute atomic E-state index is 13.4. The Morgan fingerprint density at radius 2 is 1.92 bits per heavy atom. The number of piperidine rings is 1. The fourth-order valence-corrected chi connectivity index (χ4v) is 2.65. The summed E-state index contributed by atoms with van der Waals surface area (Å²) in [6.07, 6.45) is -1.03. The fraction of sp³-hybridized carbons (Fsp3) is 0.312. The Labute approximate surface area is 135 Å². The van der Waals surface area contributed by atoms with Crippen LogP contribution in [-0.2, 0) is 11.0 Å². The van der Waals surface area contributed by atoms with E-state index in [0.717, 1.165) is 17.2 Å². The lowest BCUT2D eigenvalue weighted by molar-refractivity contribution is -0.140. The molecule has 1 aliphatic rings. The Morgan fingerprint density at radius 1 is 1.12 bits per heavy atom. The van der Waals surface area contributed by atoms with Crippen LogP contribution in [0.5, 0.6) is 0 Å². The molecule has 8 heteroatoms. The number of amides is 1. The summed E-state index contributed by atoms with van der Waals surface area (Å²) < 4.78 is 53.5. The van der Waals surface area contributed by atoms with Gasteiger partial charge in [0.1, 0.15) is 5.82 Å². The molecule has 1 fully saturated rings. The van der Waals surface area contributed by atoms with E-state index in [1.54, 1.807) is 0 Å². The third kappa shape index (κ3) is 3.22. The average Bonchev–Trinajstić information content (AvgIpc) is 2.54. The maximum Gasteiger partial charge on any atom is 0.435 e. The second-order valence-corrected chi connectivity index (χ2v) is 5.46. The smallest absolute Gasteiger partial charge is 0.310 e. The van der Waals surface area contributed by atoms with Gasteiger partial charge in [-0.05, 0) is 31.0 Å². The first-order chi connectivity index (χ1) is 11.4. The molecule has 3 rings (SSSR count). The van der Waals surface area contributed by atoms with Crippen molar-refractivity contribution in [3.63, 3.8) is 0 Å². The van der Waals surface area contributed by atoms with E-state index in [4.69, 9.17) is 0 Å². The minimum atomic E-state index is -4.73. The van der Waals surface area contributed by atoms with E-state index in [9.17, 15) is 22.4 Å². The van der Waals surface area contributed by atoms with Crippen molar-refractivity contribution in [3.05, 3.63) is 42.1 Å². The van der Waals surface area contributed by atoms with Crippen LogP contribution in [0, 0.1) is 5.82 Å². The maximum atomic E-state index is 13.4. The molecule has 1 saturated heterocycles. The van der Waals surface area contributed by atoms with E-state index in [1.807, 2.05) is 0 Å². The van der Waals surface area contributed by atoms with Crippen molar-refractivity contribution in [2.45, 2.75) is 25.4 Å². The molecule has 0 unspecified atom stereocenters. The largest absolute Gasteiger partial charge is 0.435 e. The van der Waals surface area contributed by atoms with E-state index < -0.39 is 17.7 Å². The molecule has 2 aromatic heterocycles. The molecule has 2 aromatic rings. The summed E-state index contributed by atoms with van der Waals surface area (Å²) in [5.41, 5.74) is -1.33. The van der Waals surface area contributed by atoms with Gasteiger partial charge in [0, 0.05) is 24.7 Å². The average molecular weight is 339 g/mol. The molecule has 0 atom stereocenters. The molecule has 0 aliphatic carbocycles. The molecule has 3 heterocycles. The highest BCUT2D eigenvalue weighted by atomic mass is 19.4. The minimum Gasteiger partial charge on any atom is -0.310 e. The minimum absolute atomic E-state index is 0.0532. The van der Waals surface area contributed by atoms with Crippen molar-refractivity contribution >= 4 is 11.6 Å². The summed E-state index contributed by atoms with van der Waals surface area (Å²) in [7, 11) is 0. The third-order valence-corrected chi connectivity index (χ3v) is 3.76. The zero-order chi connectivity index (χ0) is 17.3. The normalized spacial score (nSPS) is 15.7. The summed E-state index contributed by atoms with van der Waals surface area (Å²) in [6.45, 7) is 0.227. The van der Waals surface area contributed by atoms with Crippen LogP contribution in [0.3, 0.4) is 0 Å². The highest BCUT2D eigenvalue weighted by Crippen LogP contribution is 2.37. The first kappa shape index (κ1) is 16.4. The molecule has 0 spiro atoms. The summed E-state index contributed by atoms with van der Waals surface area (Å²) in [5, 5.41) is 0. The Morgan fingerprint density at radius 3 is 2.58 bits per heavy atom. The molecule has 126 valence electrons. The second-order valence-electron chi connectivity index (χ2n) is 5.46. The van der Waals surface area contributed by atoms with Gasteiger partial charge in [-0.2, -0.15) is 13.2 Å². The predicted molar refractivity (Wildman–Crippen MR) is 78.6 cm³/mol. The van der Waals surface area contributed by atoms with E-state index in [1.165, 1.54) is 18.3 Å². The molecular formula is C16H13F4N3O. The van der Waals surface area contributed by atoms with E-state index in [2.05, 4.69) is 9.97 Å². The molecule has 0 bridgehead atoms. The zero-order valence-corrected chi connectivity index (χ0v) is 12.5. The lowest BCUT2D eigenvalue weighted by Crippen LogP contribution is -2.36. The van der Waals surface area contributed by atoms with Crippen molar-refractivity contribution in [1.82, 2.24) is 9.97 Å². The summed E-state index contributed by atoms with van der Waals surface area (Å²) in [5.74, 6) is -1.02. The molecule has 0 saturated carbocycles. The molecule has 4 nitrogen and oxygen atoms in total. The van der Waals surface area contributed by atoms with Crippen LogP contribution in [0.25, 0.3) is 11.3 Å². The number of hydrogen-bond donors (Lipinski definition) is 0. The van der Waals surface area contributed by atoms with E-state index in [0.29, 0.717) is 12.8 Å². The molecule has 1 aliphatic heterocycles. The van der Waals surface area contributed by atoms with Gasteiger partial charge in [-0.1, -0.05) is 0 Å². The first-order valence-corrected chi connectivity index (χ1v) is 7.36. The van der Waals surface area contributed by atoms with Crippen molar-refractivity contribution in [2.24, 2.45) is 0 Å². The standard InChI is InChI=1S/C16H13F4N3O/c17-11-7-10(8-21-9-11)12-4-5-13(15(22-12)16(18,19)20)23-6-2-1-3-14(23)24/h4-5,7-9H,1-3,6H2. The lowest BCUT2D eigenvalue weighted by Gasteiger charge is -2.28. The number of pyridine rings is 2. The van der Waals surface area contributed by atoms with Crippen LogP contribution in [0.2, 0.25) is 0 Å². The van der Waals surface area contributed by atoms with Gasteiger partial charge in [-0.15, -0.1) is 0 Å². The van der Waals surface area contributed by atoms with Gasteiger partial charge in [0.25, 0.3) is 0 Å². The van der Waals surface area contributed by atoms with Crippen molar-refractivity contribution < 1.29 is 22.4 Å². The van der Waals surface area contributed by atoms with E-state index >= 15 is 0 Å². The zero-order valence-electron chi connectivity index (χ0n) is 12.5. The Kier molecular flexibility index (Phi) is 4.21. The monoisotopic (exact) mass is 339 g/mol. The van der Waals surface area contributed by atoms with E-state index in [-0.39, 0.29) is 35.8 Å². The number of nitrogens with zero attached hydrogens (tertiary/aromatic N) is 3. The molecular weight excluding hydrogens is 326 g/mol. The number of anilines is 1. The lowest BCUT2D eigenvalue weighted by atomic mass is 10.1.